The van der Waals surface area contributed by atoms with Gasteiger partial charge in [-0.1, -0.05) is 0 Å². The molecule has 1 unspecified atom stereocenters. The first-order chi connectivity index (χ1) is 7.29. The van der Waals surface area contributed by atoms with Crippen LogP contribution in [0.15, 0.2) is 0 Å². The van der Waals surface area contributed by atoms with Gasteiger partial charge in [-0.05, 0) is 44.1 Å². The molecule has 0 spiro atoms. The monoisotopic (exact) mass is 211 g/mol. The van der Waals surface area contributed by atoms with Gasteiger partial charge in [0.05, 0.1) is 0 Å². The van der Waals surface area contributed by atoms with Gasteiger partial charge in [0.25, 0.3) is 0 Å². The Morgan fingerprint density at radius 3 is 2.80 bits per heavy atom. The molecule has 1 saturated heterocycles. The predicted molar refractivity (Wildman–Crippen MR) is 59.5 cm³/mol. The lowest BCUT2D eigenvalue weighted by atomic mass is 9.99. The molecule has 4 heteroatoms. The third-order valence-corrected chi connectivity index (χ3v) is 3.38. The molecule has 0 aromatic rings. The minimum Gasteiger partial charge on any atom is -0.338 e. The first-order valence-corrected chi connectivity index (χ1v) is 6.02. The van der Waals surface area contributed by atoms with E-state index in [0.717, 1.165) is 32.0 Å². The Bertz CT molecular complexity index is 228. The number of piperidine rings is 1. The molecule has 2 fully saturated rings. The lowest BCUT2D eigenvalue weighted by Crippen LogP contribution is -2.47. The quantitative estimate of drug-likeness (QED) is 0.724. The molecule has 2 aliphatic rings. The molecule has 0 aromatic heterocycles. The molecular weight excluding hydrogens is 190 g/mol. The Kier molecular flexibility index (Phi) is 3.46. The fraction of sp³-hybridized carbons (Fsp3) is 0.909. The predicted octanol–water partition coefficient (Wildman–Crippen LogP) is 0.777. The minimum atomic E-state index is 0.111. The van der Waals surface area contributed by atoms with Crippen molar-refractivity contribution in [3.63, 3.8) is 0 Å². The van der Waals surface area contributed by atoms with Crippen molar-refractivity contribution in [3.05, 3.63) is 0 Å². The van der Waals surface area contributed by atoms with Crippen LogP contribution in [-0.2, 0) is 0 Å². The van der Waals surface area contributed by atoms with Crippen LogP contribution in [0.4, 0.5) is 4.79 Å². The fourth-order valence-electron chi connectivity index (χ4n) is 2.11. The zero-order valence-electron chi connectivity index (χ0n) is 9.24. The highest BCUT2D eigenvalue weighted by Crippen LogP contribution is 2.27. The van der Waals surface area contributed by atoms with E-state index in [1.807, 2.05) is 4.90 Å². The molecule has 1 atom stereocenters. The summed E-state index contributed by atoms with van der Waals surface area (Å²) in [7, 11) is 0. The largest absolute Gasteiger partial charge is 0.338 e. The van der Waals surface area contributed by atoms with Crippen LogP contribution >= 0.6 is 0 Å². The number of nitrogens with zero attached hydrogens (tertiary/aromatic N) is 1. The van der Waals surface area contributed by atoms with Crippen LogP contribution < -0.4 is 11.1 Å². The van der Waals surface area contributed by atoms with Crippen LogP contribution in [0, 0.1) is 11.8 Å². The normalized spacial score (nSPS) is 26.5. The number of urea groups is 1. The van der Waals surface area contributed by atoms with Crippen molar-refractivity contribution in [3.8, 4) is 0 Å². The lowest BCUT2D eigenvalue weighted by molar-refractivity contribution is 0.167. The molecule has 0 aromatic carbocycles. The Morgan fingerprint density at radius 1 is 1.33 bits per heavy atom. The Balaban J connectivity index is 1.72. The average molecular weight is 211 g/mol. The van der Waals surface area contributed by atoms with E-state index in [0.29, 0.717) is 12.5 Å². The number of carbonyl (C=O) groups is 1. The number of carbonyl (C=O) groups excluding carboxylic acids is 1. The molecule has 2 amide bonds. The summed E-state index contributed by atoms with van der Waals surface area (Å²) < 4.78 is 0. The summed E-state index contributed by atoms with van der Waals surface area (Å²) in [6.45, 7) is 3.30. The van der Waals surface area contributed by atoms with Crippen molar-refractivity contribution in [2.24, 2.45) is 17.6 Å². The van der Waals surface area contributed by atoms with Crippen LogP contribution in [0.25, 0.3) is 0 Å². The Hall–Kier alpha value is -0.770. The molecule has 1 aliphatic heterocycles. The third-order valence-electron chi connectivity index (χ3n) is 3.38. The number of amides is 2. The SMILES string of the molecule is NCC1CCCN(C(=O)NCC2CC2)C1. The van der Waals surface area contributed by atoms with Gasteiger partial charge in [-0.25, -0.2) is 4.79 Å². The van der Waals surface area contributed by atoms with E-state index >= 15 is 0 Å². The topological polar surface area (TPSA) is 58.4 Å². The van der Waals surface area contributed by atoms with Crippen LogP contribution in [0.5, 0.6) is 0 Å². The van der Waals surface area contributed by atoms with E-state index in [4.69, 9.17) is 5.73 Å². The summed E-state index contributed by atoms with van der Waals surface area (Å²) in [5.41, 5.74) is 5.64. The minimum absolute atomic E-state index is 0.111. The second-order valence-corrected chi connectivity index (χ2v) is 4.82. The summed E-state index contributed by atoms with van der Waals surface area (Å²) in [6.07, 6.45) is 4.83. The third kappa shape index (κ3) is 3.09. The van der Waals surface area contributed by atoms with Gasteiger partial charge >= 0.3 is 6.03 Å². The van der Waals surface area contributed by atoms with Crippen molar-refractivity contribution >= 4 is 6.03 Å². The Morgan fingerprint density at radius 2 is 2.13 bits per heavy atom. The highest BCUT2D eigenvalue weighted by molar-refractivity contribution is 5.74. The zero-order chi connectivity index (χ0) is 10.7. The second kappa shape index (κ2) is 4.84. The van der Waals surface area contributed by atoms with Gasteiger partial charge in [0.15, 0.2) is 0 Å². The number of nitrogens with one attached hydrogen (secondary N) is 1. The van der Waals surface area contributed by atoms with E-state index in [1.165, 1.54) is 19.3 Å². The maximum atomic E-state index is 11.8. The summed E-state index contributed by atoms with van der Waals surface area (Å²) in [6, 6.07) is 0.111. The maximum absolute atomic E-state index is 11.8. The molecule has 2 rings (SSSR count). The number of nitrogens with two attached hydrogens (primary N) is 1. The van der Waals surface area contributed by atoms with Gasteiger partial charge < -0.3 is 16.0 Å². The Labute approximate surface area is 91.2 Å². The van der Waals surface area contributed by atoms with Crippen molar-refractivity contribution in [1.29, 1.82) is 0 Å². The first kappa shape index (κ1) is 10.7. The van der Waals surface area contributed by atoms with Crippen molar-refractivity contribution in [2.75, 3.05) is 26.2 Å². The summed E-state index contributed by atoms with van der Waals surface area (Å²) in [5.74, 6) is 1.26. The molecular formula is C11H21N3O. The van der Waals surface area contributed by atoms with Crippen LogP contribution in [0.1, 0.15) is 25.7 Å². The molecule has 0 bridgehead atoms. The number of hydrogen-bond acceptors (Lipinski definition) is 2. The highest BCUT2D eigenvalue weighted by atomic mass is 16.2. The molecule has 0 radical (unpaired) electrons. The van der Waals surface area contributed by atoms with Crippen molar-refractivity contribution < 1.29 is 4.79 Å². The molecule has 15 heavy (non-hydrogen) atoms. The molecule has 1 saturated carbocycles. The van der Waals surface area contributed by atoms with E-state index in [9.17, 15) is 4.79 Å². The van der Waals surface area contributed by atoms with E-state index in [2.05, 4.69) is 5.32 Å². The summed E-state index contributed by atoms with van der Waals surface area (Å²) in [5, 5.41) is 3.01. The number of rotatable bonds is 3. The highest BCUT2D eigenvalue weighted by Gasteiger charge is 2.25. The van der Waals surface area contributed by atoms with Gasteiger partial charge in [-0.2, -0.15) is 0 Å². The van der Waals surface area contributed by atoms with E-state index in [-0.39, 0.29) is 6.03 Å². The van der Waals surface area contributed by atoms with E-state index in [1.54, 1.807) is 0 Å². The van der Waals surface area contributed by atoms with Gasteiger partial charge in [-0.15, -0.1) is 0 Å². The standard InChI is InChI=1S/C11H21N3O/c12-6-10-2-1-5-14(8-10)11(15)13-7-9-3-4-9/h9-10H,1-8,12H2,(H,13,15). The zero-order valence-corrected chi connectivity index (χ0v) is 9.24. The van der Waals surface area contributed by atoms with Crippen LogP contribution in [0.3, 0.4) is 0 Å². The molecule has 3 N–H and O–H groups in total. The summed E-state index contributed by atoms with van der Waals surface area (Å²) in [4.78, 5) is 13.7. The van der Waals surface area contributed by atoms with Crippen LogP contribution in [0.2, 0.25) is 0 Å². The maximum Gasteiger partial charge on any atom is 0.317 e. The molecule has 4 nitrogen and oxygen atoms in total. The van der Waals surface area contributed by atoms with Gasteiger partial charge in [-0.3, -0.25) is 0 Å². The lowest BCUT2D eigenvalue weighted by Gasteiger charge is -2.32. The average Bonchev–Trinajstić information content (AvgIpc) is 3.10. The van der Waals surface area contributed by atoms with Gasteiger partial charge in [0.1, 0.15) is 0 Å². The van der Waals surface area contributed by atoms with Gasteiger partial charge in [0, 0.05) is 19.6 Å². The van der Waals surface area contributed by atoms with Gasteiger partial charge in [0.2, 0.25) is 0 Å². The first-order valence-electron chi connectivity index (χ1n) is 6.02. The fourth-order valence-corrected chi connectivity index (χ4v) is 2.11. The molecule has 1 aliphatic carbocycles. The molecule has 1 heterocycles. The van der Waals surface area contributed by atoms with Crippen molar-refractivity contribution in [1.82, 2.24) is 10.2 Å². The van der Waals surface area contributed by atoms with Crippen LogP contribution in [-0.4, -0.2) is 37.1 Å². The number of likely N-dealkylation sites (tertiary alicyclic amines) is 1. The number of hydrogen-bond donors (Lipinski definition) is 2. The molecule has 86 valence electrons. The second-order valence-electron chi connectivity index (χ2n) is 4.82. The van der Waals surface area contributed by atoms with E-state index < -0.39 is 0 Å². The smallest absolute Gasteiger partial charge is 0.317 e. The van der Waals surface area contributed by atoms with Crippen molar-refractivity contribution in [2.45, 2.75) is 25.7 Å². The summed E-state index contributed by atoms with van der Waals surface area (Å²) >= 11 is 0.